The number of carboxylic acid groups (broad SMARTS) is 1. The summed E-state index contributed by atoms with van der Waals surface area (Å²) in [6.45, 7) is 1.94. The third-order valence-electron chi connectivity index (χ3n) is 4.45. The van der Waals surface area contributed by atoms with Gasteiger partial charge in [0.15, 0.2) is 5.65 Å². The fraction of sp³-hybridized carbons (Fsp3) is 0.158. The number of aryl methyl sites for hydroxylation is 2. The number of hydrogen-bond donors (Lipinski definition) is 2. The molecule has 27 heavy (non-hydrogen) atoms. The molecule has 0 aliphatic heterocycles. The Balaban J connectivity index is 1.96. The van der Waals surface area contributed by atoms with E-state index in [4.69, 9.17) is 5.11 Å². The number of aromatic nitrogens is 4. The zero-order valence-corrected chi connectivity index (χ0v) is 14.5. The Morgan fingerprint density at radius 1 is 1.15 bits per heavy atom. The number of fused-ring (bicyclic) bond motifs is 3. The third kappa shape index (κ3) is 2.91. The summed E-state index contributed by atoms with van der Waals surface area (Å²) in [6.07, 6.45) is 0.342. The first-order chi connectivity index (χ1) is 12.9. The lowest BCUT2D eigenvalue weighted by Crippen LogP contribution is -2.29. The molecule has 8 heteroatoms. The quantitative estimate of drug-likeness (QED) is 0.572. The van der Waals surface area contributed by atoms with Gasteiger partial charge in [-0.1, -0.05) is 23.8 Å². The van der Waals surface area contributed by atoms with Crippen LogP contribution in [0.2, 0.25) is 0 Å². The second-order valence-corrected chi connectivity index (χ2v) is 6.39. The van der Waals surface area contributed by atoms with Crippen molar-refractivity contribution in [1.29, 1.82) is 0 Å². The molecule has 2 N–H and O–H groups in total. The van der Waals surface area contributed by atoms with Gasteiger partial charge < -0.3 is 10.1 Å². The molecule has 4 rings (SSSR count). The molecule has 0 unspecified atom stereocenters. The first kappa shape index (κ1) is 16.8. The van der Waals surface area contributed by atoms with Gasteiger partial charge in [-0.25, -0.2) is 9.59 Å². The van der Waals surface area contributed by atoms with E-state index in [1.807, 2.05) is 19.1 Å². The molecule has 0 amide bonds. The van der Waals surface area contributed by atoms with E-state index >= 15 is 0 Å². The van der Waals surface area contributed by atoms with Crippen molar-refractivity contribution in [2.45, 2.75) is 19.8 Å². The minimum Gasteiger partial charge on any atom is -0.481 e. The summed E-state index contributed by atoms with van der Waals surface area (Å²) in [7, 11) is 0. The van der Waals surface area contributed by atoms with Crippen LogP contribution >= 0.6 is 0 Å². The molecule has 0 radical (unpaired) electrons. The Labute approximate surface area is 152 Å². The summed E-state index contributed by atoms with van der Waals surface area (Å²) in [5, 5.41) is 13.8. The molecule has 8 nitrogen and oxygen atoms in total. The number of carboxylic acids is 1. The van der Waals surface area contributed by atoms with Crippen LogP contribution in [0.15, 0.2) is 52.1 Å². The highest BCUT2D eigenvalue weighted by atomic mass is 16.4. The number of H-pyrrole nitrogens is 1. The molecule has 0 saturated heterocycles. The third-order valence-corrected chi connectivity index (χ3v) is 4.45. The molecule has 0 fully saturated rings. The summed E-state index contributed by atoms with van der Waals surface area (Å²) in [5.41, 5.74) is 2.03. The monoisotopic (exact) mass is 364 g/mol. The van der Waals surface area contributed by atoms with Gasteiger partial charge in [-0.3, -0.25) is 4.79 Å². The summed E-state index contributed by atoms with van der Waals surface area (Å²) in [5.74, 6) is -0.887. The molecule has 0 saturated carbocycles. The predicted octanol–water partition coefficient (Wildman–Crippen LogP) is 1.65. The van der Waals surface area contributed by atoms with E-state index in [-0.39, 0.29) is 12.1 Å². The second kappa shape index (κ2) is 6.24. The van der Waals surface area contributed by atoms with Gasteiger partial charge in [0.05, 0.1) is 11.2 Å². The van der Waals surface area contributed by atoms with Gasteiger partial charge in [-0.15, -0.1) is 5.10 Å². The number of nitrogens with one attached hydrogen (secondary N) is 1. The van der Waals surface area contributed by atoms with Crippen molar-refractivity contribution in [1.82, 2.24) is 19.2 Å². The Bertz CT molecular complexity index is 1300. The number of carbonyl (C=O) groups is 1. The number of hydrogen-bond acceptors (Lipinski definition) is 4. The van der Waals surface area contributed by atoms with E-state index < -0.39 is 17.3 Å². The van der Waals surface area contributed by atoms with Crippen LogP contribution in [0.3, 0.4) is 0 Å². The first-order valence-corrected chi connectivity index (χ1v) is 8.39. The maximum Gasteiger partial charge on any atom is 0.359 e. The molecule has 0 bridgehead atoms. The highest BCUT2D eigenvalue weighted by Crippen LogP contribution is 2.18. The Kier molecular flexibility index (Phi) is 3.88. The van der Waals surface area contributed by atoms with E-state index in [1.165, 1.54) is 4.68 Å². The van der Waals surface area contributed by atoms with Crippen molar-refractivity contribution >= 4 is 22.5 Å². The van der Waals surface area contributed by atoms with Crippen molar-refractivity contribution in [2.75, 3.05) is 0 Å². The zero-order valence-electron chi connectivity index (χ0n) is 14.5. The highest BCUT2D eigenvalue weighted by Gasteiger charge is 2.15. The van der Waals surface area contributed by atoms with Gasteiger partial charge >= 0.3 is 17.3 Å². The standard InChI is InChI=1S/C19H16N4O4/c1-11-2-6-13(7-3-11)23-19(27)22-17(21-23)14-10-12(5-9-16(24)25)4-8-15(14)20-18(22)26/h2-4,6-8,10H,5,9H2,1H3,(H,20,26)(H,24,25). The highest BCUT2D eigenvalue weighted by molar-refractivity contribution is 5.91. The Hall–Kier alpha value is -3.68. The van der Waals surface area contributed by atoms with Crippen LogP contribution < -0.4 is 11.4 Å². The minimum absolute atomic E-state index is 0.00421. The Morgan fingerprint density at radius 2 is 1.89 bits per heavy atom. The fourth-order valence-corrected chi connectivity index (χ4v) is 3.04. The van der Waals surface area contributed by atoms with Crippen molar-refractivity contribution in [3.05, 3.63) is 74.6 Å². The van der Waals surface area contributed by atoms with E-state index in [2.05, 4.69) is 10.1 Å². The maximum atomic E-state index is 12.7. The molecule has 4 aromatic rings. The number of aromatic amines is 1. The molecule has 0 spiro atoms. The number of nitrogens with zero attached hydrogens (tertiary/aromatic N) is 3. The van der Waals surface area contributed by atoms with Crippen molar-refractivity contribution < 1.29 is 9.90 Å². The van der Waals surface area contributed by atoms with E-state index in [0.717, 1.165) is 15.5 Å². The Morgan fingerprint density at radius 3 is 2.59 bits per heavy atom. The predicted molar refractivity (Wildman–Crippen MR) is 99.6 cm³/mol. The molecule has 0 atom stereocenters. The molecule has 2 heterocycles. The average Bonchev–Trinajstić information content (AvgIpc) is 2.99. The lowest BCUT2D eigenvalue weighted by molar-refractivity contribution is -0.136. The van der Waals surface area contributed by atoms with Crippen LogP contribution in [0.1, 0.15) is 17.5 Å². The first-order valence-electron chi connectivity index (χ1n) is 8.39. The molecule has 136 valence electrons. The molecular formula is C19H16N4O4. The van der Waals surface area contributed by atoms with Gasteiger partial charge in [0.1, 0.15) is 0 Å². The topological polar surface area (TPSA) is 109 Å². The van der Waals surface area contributed by atoms with Crippen molar-refractivity contribution in [3.63, 3.8) is 0 Å². The van der Waals surface area contributed by atoms with Gasteiger partial charge in [0, 0.05) is 11.8 Å². The molecule has 2 aromatic heterocycles. The van der Waals surface area contributed by atoms with Crippen molar-refractivity contribution in [3.8, 4) is 5.69 Å². The van der Waals surface area contributed by atoms with Crippen LogP contribution in [0, 0.1) is 6.92 Å². The fourth-order valence-electron chi connectivity index (χ4n) is 3.04. The summed E-state index contributed by atoms with van der Waals surface area (Å²) >= 11 is 0. The lowest BCUT2D eigenvalue weighted by Gasteiger charge is -2.03. The smallest absolute Gasteiger partial charge is 0.359 e. The number of rotatable bonds is 4. The molecule has 0 aliphatic carbocycles. The average molecular weight is 364 g/mol. The van der Waals surface area contributed by atoms with Gasteiger partial charge in [-0.2, -0.15) is 9.08 Å². The maximum absolute atomic E-state index is 12.7. The largest absolute Gasteiger partial charge is 0.481 e. The summed E-state index contributed by atoms with van der Waals surface area (Å²) in [4.78, 5) is 38.6. The summed E-state index contributed by atoms with van der Waals surface area (Å²) < 4.78 is 2.18. The van der Waals surface area contributed by atoms with Crippen molar-refractivity contribution in [2.24, 2.45) is 0 Å². The number of aliphatic carboxylic acids is 1. The van der Waals surface area contributed by atoms with Crippen LogP contribution in [0.5, 0.6) is 0 Å². The molecule has 0 aliphatic rings. The molecular weight excluding hydrogens is 348 g/mol. The second-order valence-electron chi connectivity index (χ2n) is 6.39. The van der Waals surface area contributed by atoms with Crippen LogP contribution in [-0.4, -0.2) is 30.2 Å². The molecule has 2 aromatic carbocycles. The van der Waals surface area contributed by atoms with E-state index in [0.29, 0.717) is 23.0 Å². The number of benzene rings is 2. The summed E-state index contributed by atoms with van der Waals surface area (Å²) in [6, 6.07) is 12.5. The lowest BCUT2D eigenvalue weighted by atomic mass is 10.1. The normalized spacial score (nSPS) is 11.3. The van der Waals surface area contributed by atoms with Crippen LogP contribution in [0.25, 0.3) is 22.2 Å². The minimum atomic E-state index is -0.887. The van der Waals surface area contributed by atoms with Gasteiger partial charge in [0.2, 0.25) is 0 Å². The zero-order chi connectivity index (χ0) is 19.1. The van der Waals surface area contributed by atoms with Crippen LogP contribution in [0.4, 0.5) is 0 Å². The SMILES string of the molecule is Cc1ccc(-n2nc3c4cc(CCC(=O)O)ccc4[nH]c(=O)n3c2=O)cc1. The van der Waals surface area contributed by atoms with E-state index in [9.17, 15) is 14.4 Å². The van der Waals surface area contributed by atoms with Crippen LogP contribution in [-0.2, 0) is 11.2 Å². The van der Waals surface area contributed by atoms with Gasteiger partial charge in [0.25, 0.3) is 0 Å². The van der Waals surface area contributed by atoms with E-state index in [1.54, 1.807) is 30.3 Å². The van der Waals surface area contributed by atoms with Gasteiger partial charge in [-0.05, 0) is 43.2 Å².